The summed E-state index contributed by atoms with van der Waals surface area (Å²) in [5.74, 6) is -0.212. The highest BCUT2D eigenvalue weighted by Crippen LogP contribution is 2.21. The Labute approximate surface area is 126 Å². The normalized spacial score (nSPS) is 16.1. The third-order valence-electron chi connectivity index (χ3n) is 3.88. The highest BCUT2D eigenvalue weighted by molar-refractivity contribution is 7.80. The number of fused-ring (bicyclic) bond motifs is 1. The maximum atomic E-state index is 12.7. The zero-order valence-electron chi connectivity index (χ0n) is 12.0. The minimum atomic E-state index is -0.305. The lowest BCUT2D eigenvalue weighted by atomic mass is 10.0. The summed E-state index contributed by atoms with van der Waals surface area (Å²) in [5.41, 5.74) is 8.35. The molecule has 108 valence electrons. The minimum absolute atomic E-state index is 0.0936. The number of carbonyl (C=O) groups is 1. The molecule has 0 fully saturated rings. The monoisotopic (exact) mass is 290 g/mol. The molecule has 0 radical (unpaired) electrons. The van der Waals surface area contributed by atoms with E-state index < -0.39 is 0 Å². The van der Waals surface area contributed by atoms with Gasteiger partial charge >= 0.3 is 0 Å². The van der Waals surface area contributed by atoms with Gasteiger partial charge in [-0.25, -0.2) is 0 Å². The van der Waals surface area contributed by atoms with E-state index in [-0.39, 0.29) is 11.8 Å². The quantitative estimate of drug-likeness (QED) is 0.867. The zero-order valence-corrected chi connectivity index (χ0v) is 12.8. The smallest absolute Gasteiger partial charge is 0.232 e. The SMILES string of the molecule is CCCC(C(=O)N1CCCc2ccccc2C1)C(N)=S. The number of thiocarbonyl (C=S) groups is 1. The summed E-state index contributed by atoms with van der Waals surface area (Å²) >= 11 is 5.07. The van der Waals surface area contributed by atoms with Gasteiger partial charge in [0.2, 0.25) is 5.91 Å². The van der Waals surface area contributed by atoms with Gasteiger partial charge < -0.3 is 10.6 Å². The van der Waals surface area contributed by atoms with E-state index in [1.165, 1.54) is 11.1 Å². The molecule has 1 amide bonds. The molecule has 1 aromatic rings. The van der Waals surface area contributed by atoms with Crippen molar-refractivity contribution in [1.82, 2.24) is 4.90 Å². The molecule has 1 unspecified atom stereocenters. The van der Waals surface area contributed by atoms with Crippen molar-refractivity contribution in [3.63, 3.8) is 0 Å². The summed E-state index contributed by atoms with van der Waals surface area (Å²) < 4.78 is 0. The number of nitrogens with two attached hydrogens (primary N) is 1. The van der Waals surface area contributed by atoms with Crippen LogP contribution in [0.1, 0.15) is 37.3 Å². The van der Waals surface area contributed by atoms with Crippen molar-refractivity contribution in [2.75, 3.05) is 6.54 Å². The lowest BCUT2D eigenvalue weighted by Crippen LogP contribution is -2.41. The van der Waals surface area contributed by atoms with Crippen molar-refractivity contribution in [3.8, 4) is 0 Å². The molecule has 1 atom stereocenters. The van der Waals surface area contributed by atoms with E-state index in [9.17, 15) is 4.79 Å². The van der Waals surface area contributed by atoms with Gasteiger partial charge in [-0.15, -0.1) is 0 Å². The second kappa shape index (κ2) is 6.84. The molecular formula is C16H22N2OS. The van der Waals surface area contributed by atoms with Crippen molar-refractivity contribution < 1.29 is 4.79 Å². The molecule has 0 spiro atoms. The Morgan fingerprint density at radius 2 is 2.10 bits per heavy atom. The fourth-order valence-corrected chi connectivity index (χ4v) is 3.00. The fraction of sp³-hybridized carbons (Fsp3) is 0.500. The van der Waals surface area contributed by atoms with Crippen molar-refractivity contribution in [2.45, 2.75) is 39.2 Å². The van der Waals surface area contributed by atoms with Gasteiger partial charge in [-0.1, -0.05) is 49.8 Å². The van der Waals surface area contributed by atoms with Crippen LogP contribution in [0.3, 0.4) is 0 Å². The third-order valence-corrected chi connectivity index (χ3v) is 4.17. The van der Waals surface area contributed by atoms with E-state index in [4.69, 9.17) is 18.0 Å². The minimum Gasteiger partial charge on any atom is -0.393 e. The van der Waals surface area contributed by atoms with Gasteiger partial charge in [0, 0.05) is 13.1 Å². The maximum absolute atomic E-state index is 12.7. The Hall–Kier alpha value is -1.42. The maximum Gasteiger partial charge on any atom is 0.232 e. The van der Waals surface area contributed by atoms with Gasteiger partial charge in [-0.2, -0.15) is 0 Å². The lowest BCUT2D eigenvalue weighted by molar-refractivity contribution is -0.134. The number of aryl methyl sites for hydroxylation is 1. The van der Waals surface area contributed by atoms with Crippen LogP contribution in [0.15, 0.2) is 24.3 Å². The van der Waals surface area contributed by atoms with E-state index in [1.54, 1.807) is 0 Å². The number of hydrogen-bond acceptors (Lipinski definition) is 2. The highest BCUT2D eigenvalue weighted by atomic mass is 32.1. The standard InChI is InChI=1S/C16H22N2OS/c1-2-6-14(15(17)20)16(19)18-10-5-9-12-7-3-4-8-13(12)11-18/h3-4,7-8,14H,2,5-6,9-11H2,1H3,(H2,17,20). The molecule has 0 bridgehead atoms. The molecule has 1 aromatic carbocycles. The molecule has 1 aliphatic heterocycles. The van der Waals surface area contributed by atoms with E-state index in [0.29, 0.717) is 11.5 Å². The van der Waals surface area contributed by atoms with E-state index in [2.05, 4.69) is 25.1 Å². The predicted molar refractivity (Wildman–Crippen MR) is 85.4 cm³/mol. The summed E-state index contributed by atoms with van der Waals surface area (Å²) in [4.78, 5) is 14.9. The van der Waals surface area contributed by atoms with Crippen LogP contribution >= 0.6 is 12.2 Å². The Bertz CT molecular complexity index is 501. The summed E-state index contributed by atoms with van der Waals surface area (Å²) in [5, 5.41) is 0. The van der Waals surface area contributed by atoms with Gasteiger partial charge in [-0.3, -0.25) is 4.79 Å². The highest BCUT2D eigenvalue weighted by Gasteiger charge is 2.27. The fourth-order valence-electron chi connectivity index (χ4n) is 2.79. The average molecular weight is 290 g/mol. The largest absolute Gasteiger partial charge is 0.393 e. The van der Waals surface area contributed by atoms with Crippen molar-refractivity contribution in [2.24, 2.45) is 11.7 Å². The molecule has 2 rings (SSSR count). The Balaban J connectivity index is 2.16. The molecule has 0 saturated carbocycles. The summed E-state index contributed by atoms with van der Waals surface area (Å²) in [6, 6.07) is 8.35. The molecule has 3 nitrogen and oxygen atoms in total. The summed E-state index contributed by atoms with van der Waals surface area (Å²) in [6.07, 6.45) is 3.69. The van der Waals surface area contributed by atoms with E-state index >= 15 is 0 Å². The molecule has 0 aromatic heterocycles. The number of hydrogen-bond donors (Lipinski definition) is 1. The van der Waals surface area contributed by atoms with Crippen LogP contribution < -0.4 is 5.73 Å². The first-order valence-corrected chi connectivity index (χ1v) is 7.69. The summed E-state index contributed by atoms with van der Waals surface area (Å²) in [6.45, 7) is 3.52. The van der Waals surface area contributed by atoms with Crippen LogP contribution in [0.2, 0.25) is 0 Å². The van der Waals surface area contributed by atoms with Gasteiger partial charge in [-0.05, 0) is 30.4 Å². The number of benzene rings is 1. The van der Waals surface area contributed by atoms with Gasteiger partial charge in [0.1, 0.15) is 0 Å². The van der Waals surface area contributed by atoms with Crippen molar-refractivity contribution >= 4 is 23.1 Å². The Kier molecular flexibility index (Phi) is 5.12. The molecule has 1 heterocycles. The molecule has 0 saturated heterocycles. The van der Waals surface area contributed by atoms with Gasteiger partial charge in [0.05, 0.1) is 10.9 Å². The first-order valence-electron chi connectivity index (χ1n) is 7.28. The van der Waals surface area contributed by atoms with Crippen molar-refractivity contribution in [1.29, 1.82) is 0 Å². The lowest BCUT2D eigenvalue weighted by Gasteiger charge is -2.25. The van der Waals surface area contributed by atoms with Crippen LogP contribution in [-0.2, 0) is 17.8 Å². The van der Waals surface area contributed by atoms with Crippen LogP contribution in [0, 0.1) is 5.92 Å². The second-order valence-corrected chi connectivity index (χ2v) is 5.85. The topological polar surface area (TPSA) is 46.3 Å². The average Bonchev–Trinajstić information content (AvgIpc) is 2.65. The molecular weight excluding hydrogens is 268 g/mol. The Morgan fingerprint density at radius 3 is 2.75 bits per heavy atom. The van der Waals surface area contributed by atoms with E-state index in [0.717, 1.165) is 32.2 Å². The number of rotatable bonds is 4. The van der Waals surface area contributed by atoms with Crippen LogP contribution in [0.25, 0.3) is 0 Å². The van der Waals surface area contributed by atoms with Crippen LogP contribution in [0.5, 0.6) is 0 Å². The third kappa shape index (κ3) is 3.37. The molecule has 4 heteroatoms. The molecule has 0 aliphatic carbocycles. The number of amides is 1. The number of carbonyl (C=O) groups excluding carboxylic acids is 1. The van der Waals surface area contributed by atoms with Gasteiger partial charge in [0.25, 0.3) is 0 Å². The van der Waals surface area contributed by atoms with Crippen LogP contribution in [-0.4, -0.2) is 22.3 Å². The number of nitrogens with zero attached hydrogens (tertiary/aromatic N) is 1. The Morgan fingerprint density at radius 1 is 1.40 bits per heavy atom. The van der Waals surface area contributed by atoms with Crippen molar-refractivity contribution in [3.05, 3.63) is 35.4 Å². The molecule has 20 heavy (non-hydrogen) atoms. The van der Waals surface area contributed by atoms with Gasteiger partial charge in [0.15, 0.2) is 0 Å². The molecule has 2 N–H and O–H groups in total. The second-order valence-electron chi connectivity index (χ2n) is 5.38. The first kappa shape index (κ1) is 15.0. The van der Waals surface area contributed by atoms with Crippen LogP contribution in [0.4, 0.5) is 0 Å². The van der Waals surface area contributed by atoms with E-state index in [1.807, 2.05) is 11.0 Å². The summed E-state index contributed by atoms with van der Waals surface area (Å²) in [7, 11) is 0. The zero-order chi connectivity index (χ0) is 14.5. The first-order chi connectivity index (χ1) is 9.63. The molecule has 1 aliphatic rings. The predicted octanol–water partition coefficient (Wildman–Crippen LogP) is 2.66.